The lowest BCUT2D eigenvalue weighted by Gasteiger charge is -2.13. The van der Waals surface area contributed by atoms with Crippen LogP contribution in [0.1, 0.15) is 38.2 Å². The zero-order valence-electron chi connectivity index (χ0n) is 16.0. The summed E-state index contributed by atoms with van der Waals surface area (Å²) in [5, 5.41) is 3.76. The number of carbonyl (C=O) groups excluding carboxylic acids is 1. The quantitative estimate of drug-likeness (QED) is 0.749. The van der Waals surface area contributed by atoms with E-state index in [-0.39, 0.29) is 11.5 Å². The van der Waals surface area contributed by atoms with E-state index in [4.69, 9.17) is 9.72 Å². The van der Waals surface area contributed by atoms with E-state index >= 15 is 0 Å². The molecule has 3 heterocycles. The highest BCUT2D eigenvalue weighted by molar-refractivity contribution is 5.98. The number of aryl methyl sites for hydroxylation is 2. The molecule has 1 amide bonds. The predicted molar refractivity (Wildman–Crippen MR) is 103 cm³/mol. The van der Waals surface area contributed by atoms with E-state index < -0.39 is 0 Å². The van der Waals surface area contributed by atoms with Crippen molar-refractivity contribution in [2.45, 2.75) is 45.8 Å². The van der Waals surface area contributed by atoms with Crippen LogP contribution in [0.15, 0.2) is 24.5 Å². The molecule has 140 valence electrons. The van der Waals surface area contributed by atoms with Gasteiger partial charge in [0.1, 0.15) is 11.4 Å². The van der Waals surface area contributed by atoms with Gasteiger partial charge in [0, 0.05) is 43.4 Å². The monoisotopic (exact) mass is 365 g/mol. The highest BCUT2D eigenvalue weighted by Gasteiger charge is 2.48. The van der Waals surface area contributed by atoms with Gasteiger partial charge in [-0.1, -0.05) is 0 Å². The minimum Gasteiger partial charge on any atom is -0.370 e. The number of pyridine rings is 1. The lowest BCUT2D eigenvalue weighted by atomic mass is 10.1. The average molecular weight is 365 g/mol. The summed E-state index contributed by atoms with van der Waals surface area (Å²) in [5.41, 5.74) is 3.43. The van der Waals surface area contributed by atoms with E-state index in [9.17, 15) is 4.79 Å². The molecule has 0 aliphatic heterocycles. The standard InChI is InChI=1S/C20H23N5O2/c1-5-25-11-15(14-9-18(23-13(3)26)21-10-17(14)25)16-8-12(2)22-19(24-16)20(27-4)6-7-20/h8-11H,5-7H2,1-4H3,(H,21,23,26). The molecule has 0 spiro atoms. The zero-order chi connectivity index (χ0) is 19.2. The third kappa shape index (κ3) is 3.08. The number of fused-ring (bicyclic) bond motifs is 1. The fourth-order valence-corrected chi connectivity index (χ4v) is 3.44. The van der Waals surface area contributed by atoms with E-state index in [1.807, 2.05) is 19.1 Å². The number of aromatic nitrogens is 4. The van der Waals surface area contributed by atoms with Crippen molar-refractivity contribution in [1.82, 2.24) is 19.5 Å². The Bertz CT molecular complexity index is 1040. The maximum atomic E-state index is 11.4. The van der Waals surface area contributed by atoms with E-state index in [2.05, 4.69) is 33.0 Å². The summed E-state index contributed by atoms with van der Waals surface area (Å²) < 4.78 is 7.80. The van der Waals surface area contributed by atoms with E-state index in [0.29, 0.717) is 5.82 Å². The Morgan fingerprint density at radius 3 is 2.74 bits per heavy atom. The Balaban J connectivity index is 1.89. The minimum absolute atomic E-state index is 0.144. The molecule has 27 heavy (non-hydrogen) atoms. The first kappa shape index (κ1) is 17.6. The number of ether oxygens (including phenoxy) is 1. The Hall–Kier alpha value is -2.80. The molecule has 1 saturated carbocycles. The minimum atomic E-state index is -0.340. The van der Waals surface area contributed by atoms with Crippen molar-refractivity contribution in [1.29, 1.82) is 0 Å². The number of hydrogen-bond donors (Lipinski definition) is 1. The molecule has 0 saturated heterocycles. The first-order valence-electron chi connectivity index (χ1n) is 9.14. The molecule has 1 fully saturated rings. The van der Waals surface area contributed by atoms with Crippen LogP contribution < -0.4 is 5.32 Å². The van der Waals surface area contributed by atoms with E-state index in [0.717, 1.165) is 53.1 Å². The zero-order valence-corrected chi connectivity index (χ0v) is 16.0. The van der Waals surface area contributed by atoms with E-state index in [1.165, 1.54) is 6.92 Å². The molecule has 7 nitrogen and oxygen atoms in total. The normalized spacial score (nSPS) is 15.1. The van der Waals surface area contributed by atoms with Crippen LogP contribution >= 0.6 is 0 Å². The fourth-order valence-electron chi connectivity index (χ4n) is 3.44. The first-order chi connectivity index (χ1) is 13.0. The maximum absolute atomic E-state index is 11.4. The van der Waals surface area contributed by atoms with E-state index in [1.54, 1.807) is 13.3 Å². The van der Waals surface area contributed by atoms with Gasteiger partial charge in [-0.05, 0) is 38.8 Å². The molecular weight excluding hydrogens is 342 g/mol. The van der Waals surface area contributed by atoms with Crippen LogP contribution in [0.25, 0.3) is 22.2 Å². The summed E-state index contributed by atoms with van der Waals surface area (Å²) in [4.78, 5) is 25.2. The van der Waals surface area contributed by atoms with Gasteiger partial charge >= 0.3 is 0 Å². The summed E-state index contributed by atoms with van der Waals surface area (Å²) in [5.74, 6) is 1.13. The number of nitrogens with zero attached hydrogens (tertiary/aromatic N) is 4. The Labute approximate surface area is 157 Å². The topological polar surface area (TPSA) is 81.9 Å². The lowest BCUT2D eigenvalue weighted by molar-refractivity contribution is -0.114. The second kappa shape index (κ2) is 6.42. The van der Waals surface area contributed by atoms with Crippen molar-refractivity contribution in [3.05, 3.63) is 36.0 Å². The van der Waals surface area contributed by atoms with Gasteiger partial charge in [-0.2, -0.15) is 0 Å². The van der Waals surface area contributed by atoms with Crippen LogP contribution in [0.4, 0.5) is 5.82 Å². The van der Waals surface area contributed by atoms with Gasteiger partial charge in [0.25, 0.3) is 0 Å². The predicted octanol–water partition coefficient (Wildman–Crippen LogP) is 3.42. The molecule has 3 aromatic rings. The SMILES string of the molecule is CCn1cc(-c2cc(C)nc(C3(OC)CC3)n2)c2cc(NC(C)=O)ncc21. The van der Waals surface area contributed by atoms with Crippen LogP contribution in [-0.4, -0.2) is 32.5 Å². The van der Waals surface area contributed by atoms with Crippen molar-refractivity contribution in [2.24, 2.45) is 0 Å². The van der Waals surface area contributed by atoms with Gasteiger partial charge in [0.15, 0.2) is 5.82 Å². The summed E-state index contributed by atoms with van der Waals surface area (Å²) in [6, 6.07) is 3.89. The first-order valence-corrected chi connectivity index (χ1v) is 9.14. The third-order valence-electron chi connectivity index (χ3n) is 5.04. The summed E-state index contributed by atoms with van der Waals surface area (Å²) in [7, 11) is 1.71. The molecule has 1 aliphatic rings. The smallest absolute Gasteiger partial charge is 0.222 e. The number of nitrogens with one attached hydrogen (secondary N) is 1. The number of amides is 1. The lowest BCUT2D eigenvalue weighted by Crippen LogP contribution is -2.14. The van der Waals surface area contributed by atoms with Gasteiger partial charge in [-0.15, -0.1) is 0 Å². The van der Waals surface area contributed by atoms with Crippen molar-refractivity contribution in [3.63, 3.8) is 0 Å². The van der Waals surface area contributed by atoms with Crippen molar-refractivity contribution in [3.8, 4) is 11.3 Å². The highest BCUT2D eigenvalue weighted by Crippen LogP contribution is 2.47. The van der Waals surface area contributed by atoms with Crippen LogP contribution in [0.5, 0.6) is 0 Å². The summed E-state index contributed by atoms with van der Waals surface area (Å²) >= 11 is 0. The Kier molecular flexibility index (Phi) is 4.19. The molecule has 1 aliphatic carbocycles. The Morgan fingerprint density at radius 1 is 1.33 bits per heavy atom. The van der Waals surface area contributed by atoms with Gasteiger partial charge in [0.2, 0.25) is 5.91 Å². The second-order valence-corrected chi connectivity index (χ2v) is 7.01. The largest absolute Gasteiger partial charge is 0.370 e. The third-order valence-corrected chi connectivity index (χ3v) is 5.04. The Morgan fingerprint density at radius 2 is 2.11 bits per heavy atom. The molecule has 7 heteroatoms. The molecule has 4 rings (SSSR count). The van der Waals surface area contributed by atoms with Crippen LogP contribution in [0.3, 0.4) is 0 Å². The molecule has 0 aromatic carbocycles. The van der Waals surface area contributed by atoms with Gasteiger partial charge < -0.3 is 14.6 Å². The number of carbonyl (C=O) groups is 1. The highest BCUT2D eigenvalue weighted by atomic mass is 16.5. The van der Waals surface area contributed by atoms with Crippen LogP contribution in [-0.2, 0) is 21.7 Å². The number of methoxy groups -OCH3 is 1. The number of anilines is 1. The molecule has 3 aromatic heterocycles. The molecule has 0 bridgehead atoms. The summed E-state index contributed by atoms with van der Waals surface area (Å²) in [6.07, 6.45) is 5.77. The van der Waals surface area contributed by atoms with Crippen molar-refractivity contribution < 1.29 is 9.53 Å². The average Bonchev–Trinajstić information content (AvgIpc) is 3.36. The number of hydrogen-bond acceptors (Lipinski definition) is 5. The molecule has 0 unspecified atom stereocenters. The van der Waals surface area contributed by atoms with Crippen LogP contribution in [0.2, 0.25) is 0 Å². The molecule has 0 atom stereocenters. The van der Waals surface area contributed by atoms with Crippen LogP contribution in [0, 0.1) is 6.92 Å². The van der Waals surface area contributed by atoms with Crippen molar-refractivity contribution in [2.75, 3.05) is 12.4 Å². The number of rotatable bonds is 5. The molecular formula is C20H23N5O2. The maximum Gasteiger partial charge on any atom is 0.222 e. The fraction of sp³-hybridized carbons (Fsp3) is 0.400. The molecule has 1 N–H and O–H groups in total. The van der Waals surface area contributed by atoms with Crippen molar-refractivity contribution >= 4 is 22.6 Å². The molecule has 0 radical (unpaired) electrons. The van der Waals surface area contributed by atoms with Gasteiger partial charge in [-0.3, -0.25) is 4.79 Å². The summed E-state index contributed by atoms with van der Waals surface area (Å²) in [6.45, 7) is 6.36. The van der Waals surface area contributed by atoms with Gasteiger partial charge in [-0.25, -0.2) is 15.0 Å². The van der Waals surface area contributed by atoms with Gasteiger partial charge in [0.05, 0.1) is 17.4 Å². The second-order valence-electron chi connectivity index (χ2n) is 7.01.